The highest BCUT2D eigenvalue weighted by molar-refractivity contribution is 9.10. The predicted molar refractivity (Wildman–Crippen MR) is 150 cm³/mol. The summed E-state index contributed by atoms with van der Waals surface area (Å²) in [5.41, 5.74) is 3.18. The molecule has 4 aromatic rings. The smallest absolute Gasteiger partial charge is 0.185 e. The monoisotopic (exact) mass is 590 g/mol. The van der Waals surface area contributed by atoms with E-state index in [1.807, 2.05) is 97.1 Å². The number of allylic oxidation sites excluding steroid dienone is 1. The molecule has 3 nitrogen and oxygen atoms in total. The number of Topliss-reactive ketones (excluding diaryl/α,β-unsaturated/α-hetero) is 1. The van der Waals surface area contributed by atoms with Gasteiger partial charge in [0.25, 0.3) is 0 Å². The number of hydrogen-bond donors (Lipinski definition) is 0. The zero-order chi connectivity index (χ0) is 25.5. The molecule has 0 atom stereocenters. The fraction of sp³-hybridized carbons (Fsp3) is 0.0333. The van der Waals surface area contributed by atoms with Gasteiger partial charge in [0.1, 0.15) is 6.29 Å². The Morgan fingerprint density at radius 1 is 0.629 bits per heavy atom. The molecule has 5 heteroatoms. The van der Waals surface area contributed by atoms with Gasteiger partial charge in [0, 0.05) is 25.6 Å². The Bertz CT molecular complexity index is 1270. The van der Waals surface area contributed by atoms with Gasteiger partial charge in [-0.3, -0.25) is 14.4 Å². The highest BCUT2D eigenvalue weighted by atomic mass is 79.9. The fourth-order valence-corrected chi connectivity index (χ4v) is 3.51. The fourth-order valence-electron chi connectivity index (χ4n) is 2.71. The summed E-state index contributed by atoms with van der Waals surface area (Å²) in [7, 11) is 0. The van der Waals surface area contributed by atoms with Crippen molar-refractivity contribution in [3.8, 4) is 0 Å². The number of hydrogen-bond acceptors (Lipinski definition) is 3. The summed E-state index contributed by atoms with van der Waals surface area (Å²) in [5.74, 6) is 0.108. The van der Waals surface area contributed by atoms with Crippen LogP contribution in [0.4, 0.5) is 0 Å². The molecule has 4 rings (SSSR count). The Morgan fingerprint density at radius 2 is 1.11 bits per heavy atom. The van der Waals surface area contributed by atoms with E-state index in [9.17, 15) is 14.4 Å². The van der Waals surface area contributed by atoms with Gasteiger partial charge in [0.15, 0.2) is 11.6 Å². The largest absolute Gasteiger partial charge is 0.298 e. The second-order valence-electron chi connectivity index (χ2n) is 7.21. The molecule has 0 spiro atoms. The van der Waals surface area contributed by atoms with Crippen molar-refractivity contribution < 1.29 is 14.4 Å². The minimum Gasteiger partial charge on any atom is -0.298 e. The summed E-state index contributed by atoms with van der Waals surface area (Å²) in [6, 6.07) is 33.6. The molecule has 0 aromatic heterocycles. The molecule has 0 saturated carbocycles. The van der Waals surface area contributed by atoms with Gasteiger partial charge < -0.3 is 0 Å². The molecule has 0 N–H and O–H groups in total. The van der Waals surface area contributed by atoms with E-state index < -0.39 is 0 Å². The van der Waals surface area contributed by atoms with Crippen LogP contribution in [0.5, 0.6) is 0 Å². The van der Waals surface area contributed by atoms with Crippen molar-refractivity contribution in [2.75, 3.05) is 0 Å². The van der Waals surface area contributed by atoms with Crippen molar-refractivity contribution in [2.24, 2.45) is 0 Å². The van der Waals surface area contributed by atoms with Crippen LogP contribution < -0.4 is 0 Å². The molecule has 0 aliphatic rings. The average molecular weight is 592 g/mol. The van der Waals surface area contributed by atoms with E-state index in [1.165, 1.54) is 0 Å². The summed E-state index contributed by atoms with van der Waals surface area (Å²) in [6.07, 6.45) is 4.25. The standard InChI is InChI=1S/C15H11BrO.C8H7BrO.C7H6O/c16-14-8-4-7-13(11-14)15(17)10-9-12-5-2-1-3-6-12;1-6(10)7-3-2-4-8(9)5-7;8-6-7-4-2-1-3-5-7/h1-11H;2-5H,1H3;1-6H/b10-9+;;. The summed E-state index contributed by atoms with van der Waals surface area (Å²) >= 11 is 6.63. The van der Waals surface area contributed by atoms with Gasteiger partial charge >= 0.3 is 0 Å². The van der Waals surface area contributed by atoms with Gasteiger partial charge in [-0.15, -0.1) is 0 Å². The molecule has 4 aromatic carbocycles. The van der Waals surface area contributed by atoms with E-state index in [0.29, 0.717) is 5.56 Å². The number of aldehydes is 1. The Balaban J connectivity index is 0.000000204. The van der Waals surface area contributed by atoms with Crippen LogP contribution in [0, 0.1) is 0 Å². The van der Waals surface area contributed by atoms with Gasteiger partial charge in [0.05, 0.1) is 0 Å². The molecule has 0 radical (unpaired) electrons. The Hall–Kier alpha value is -3.41. The summed E-state index contributed by atoms with van der Waals surface area (Å²) in [5, 5.41) is 0. The van der Waals surface area contributed by atoms with Crippen LogP contribution in [0.15, 0.2) is 124 Å². The van der Waals surface area contributed by atoms with E-state index in [-0.39, 0.29) is 11.6 Å². The van der Waals surface area contributed by atoms with Crippen molar-refractivity contribution >= 4 is 55.8 Å². The van der Waals surface area contributed by atoms with Crippen LogP contribution >= 0.6 is 31.9 Å². The lowest BCUT2D eigenvalue weighted by Crippen LogP contribution is -1.93. The summed E-state index contributed by atoms with van der Waals surface area (Å²) < 4.78 is 1.86. The molecule has 0 aliphatic carbocycles. The van der Waals surface area contributed by atoms with Crippen LogP contribution in [-0.4, -0.2) is 17.9 Å². The van der Waals surface area contributed by atoms with Crippen LogP contribution in [0.25, 0.3) is 6.08 Å². The third-order valence-corrected chi connectivity index (χ3v) is 5.49. The number of rotatable bonds is 5. The van der Waals surface area contributed by atoms with E-state index in [0.717, 1.165) is 31.9 Å². The number of benzene rings is 4. The van der Waals surface area contributed by atoms with Crippen LogP contribution in [-0.2, 0) is 0 Å². The molecule has 176 valence electrons. The zero-order valence-electron chi connectivity index (χ0n) is 19.1. The maximum absolute atomic E-state index is 11.9. The molecule has 0 bridgehead atoms. The normalized spacial score (nSPS) is 9.80. The van der Waals surface area contributed by atoms with Crippen molar-refractivity contribution in [1.82, 2.24) is 0 Å². The lowest BCUT2D eigenvalue weighted by atomic mass is 10.1. The van der Waals surface area contributed by atoms with Gasteiger partial charge in [0.2, 0.25) is 0 Å². The lowest BCUT2D eigenvalue weighted by Gasteiger charge is -1.96. The number of carbonyl (C=O) groups excluding carboxylic acids is 3. The van der Waals surface area contributed by atoms with Gasteiger partial charge in [-0.05, 0) is 42.8 Å². The molecule has 35 heavy (non-hydrogen) atoms. The molecule has 0 aliphatic heterocycles. The van der Waals surface area contributed by atoms with Gasteiger partial charge in [-0.25, -0.2) is 0 Å². The van der Waals surface area contributed by atoms with Crippen molar-refractivity contribution in [3.05, 3.63) is 146 Å². The zero-order valence-corrected chi connectivity index (χ0v) is 22.3. The number of ketones is 2. The highest BCUT2D eigenvalue weighted by Crippen LogP contribution is 2.13. The van der Waals surface area contributed by atoms with E-state index in [4.69, 9.17) is 0 Å². The number of halogens is 2. The second kappa shape index (κ2) is 15.5. The first-order chi connectivity index (χ1) is 16.9. The van der Waals surface area contributed by atoms with E-state index >= 15 is 0 Å². The Morgan fingerprint density at radius 3 is 1.54 bits per heavy atom. The van der Waals surface area contributed by atoms with Gasteiger partial charge in [-0.2, -0.15) is 0 Å². The first kappa shape index (κ1) is 27.8. The van der Waals surface area contributed by atoms with Crippen molar-refractivity contribution in [3.63, 3.8) is 0 Å². The second-order valence-corrected chi connectivity index (χ2v) is 9.05. The first-order valence-electron chi connectivity index (χ1n) is 10.7. The quantitative estimate of drug-likeness (QED) is 0.133. The predicted octanol–water partition coefficient (Wildman–Crippen LogP) is 8.50. The van der Waals surface area contributed by atoms with Crippen LogP contribution in [0.1, 0.15) is 43.6 Å². The minimum absolute atomic E-state index is 0.00940. The van der Waals surface area contributed by atoms with Crippen molar-refractivity contribution in [2.45, 2.75) is 6.92 Å². The maximum atomic E-state index is 11.9. The third kappa shape index (κ3) is 11.0. The maximum Gasteiger partial charge on any atom is 0.185 e. The Labute approximate surface area is 222 Å². The van der Waals surface area contributed by atoms with Crippen LogP contribution in [0.3, 0.4) is 0 Å². The third-order valence-electron chi connectivity index (χ3n) is 4.50. The molecular weight excluding hydrogens is 568 g/mol. The van der Waals surface area contributed by atoms with E-state index in [1.54, 1.807) is 31.2 Å². The first-order valence-corrected chi connectivity index (χ1v) is 12.3. The SMILES string of the molecule is CC(=O)c1cccc(Br)c1.O=C(/C=C/c1ccccc1)c1cccc(Br)c1.O=Cc1ccccc1. The molecular formula is C30H24Br2O3. The molecule has 0 unspecified atom stereocenters. The minimum atomic E-state index is 0.00940. The molecule has 0 fully saturated rings. The van der Waals surface area contributed by atoms with Crippen LogP contribution in [0.2, 0.25) is 0 Å². The highest BCUT2D eigenvalue weighted by Gasteiger charge is 2.01. The lowest BCUT2D eigenvalue weighted by molar-refractivity contribution is 0.101. The van der Waals surface area contributed by atoms with Crippen molar-refractivity contribution in [1.29, 1.82) is 0 Å². The van der Waals surface area contributed by atoms with Gasteiger partial charge in [-0.1, -0.05) is 123 Å². The number of carbonyl (C=O) groups is 3. The Kier molecular flexibility index (Phi) is 12.3. The summed E-state index contributed by atoms with van der Waals surface area (Å²) in [6.45, 7) is 1.56. The molecule has 0 heterocycles. The summed E-state index contributed by atoms with van der Waals surface area (Å²) in [4.78, 5) is 32.6. The topological polar surface area (TPSA) is 51.2 Å². The molecule has 0 saturated heterocycles. The average Bonchev–Trinajstić information content (AvgIpc) is 2.89. The molecule has 0 amide bonds. The van der Waals surface area contributed by atoms with E-state index in [2.05, 4.69) is 31.9 Å².